The van der Waals surface area contributed by atoms with E-state index >= 15 is 0 Å². The molecule has 1 aliphatic rings. The molecule has 5 nitrogen and oxygen atoms in total. The third-order valence-corrected chi connectivity index (χ3v) is 1.95. The van der Waals surface area contributed by atoms with Crippen molar-refractivity contribution < 1.29 is 23.8 Å². The first-order valence-electron chi connectivity index (χ1n) is 4.67. The summed E-state index contributed by atoms with van der Waals surface area (Å²) in [5, 5.41) is 0. The third-order valence-electron chi connectivity index (χ3n) is 1.95. The first-order chi connectivity index (χ1) is 7.00. The van der Waals surface area contributed by atoms with Gasteiger partial charge >= 0.3 is 11.9 Å². The molecule has 0 fully saturated rings. The van der Waals surface area contributed by atoms with Gasteiger partial charge in [-0.15, -0.1) is 0 Å². The number of ether oxygens (including phenoxy) is 3. The molecule has 0 saturated carbocycles. The molecule has 84 valence electrons. The highest BCUT2D eigenvalue weighted by Crippen LogP contribution is 2.18. The number of carbonyl (C=O) groups is 2. The summed E-state index contributed by atoms with van der Waals surface area (Å²) < 4.78 is 15.2. The van der Waals surface area contributed by atoms with Crippen molar-refractivity contribution in [3.63, 3.8) is 0 Å². The quantitative estimate of drug-likeness (QED) is 0.636. The third kappa shape index (κ3) is 3.27. The van der Waals surface area contributed by atoms with Gasteiger partial charge in [0.1, 0.15) is 6.10 Å². The van der Waals surface area contributed by atoms with Crippen LogP contribution in [0.5, 0.6) is 0 Å². The van der Waals surface area contributed by atoms with Crippen LogP contribution in [0.3, 0.4) is 0 Å². The van der Waals surface area contributed by atoms with Crippen molar-refractivity contribution in [2.45, 2.75) is 39.1 Å². The average molecular weight is 214 g/mol. The molecule has 15 heavy (non-hydrogen) atoms. The standard InChI is InChI=1S/C10H14O5/c1-6-10(15-8(3)12)9(4-5-13-6)14-7(2)11/h4-6,9-10H,1-3H3/t6?,9-,10?/m1/s1. The Morgan fingerprint density at radius 2 is 1.80 bits per heavy atom. The second-order valence-electron chi connectivity index (χ2n) is 3.32. The summed E-state index contributed by atoms with van der Waals surface area (Å²) in [6.07, 6.45) is 1.50. The summed E-state index contributed by atoms with van der Waals surface area (Å²) in [6.45, 7) is 4.35. The number of hydrogen-bond acceptors (Lipinski definition) is 5. The van der Waals surface area contributed by atoms with Crippen molar-refractivity contribution in [3.8, 4) is 0 Å². The molecule has 1 heterocycles. The Labute approximate surface area is 88.0 Å². The molecule has 0 aliphatic carbocycles. The Balaban J connectivity index is 2.71. The Bertz CT molecular complexity index is 284. The highest BCUT2D eigenvalue weighted by atomic mass is 16.6. The molecule has 0 aromatic heterocycles. The molecule has 2 unspecified atom stereocenters. The number of hydrogen-bond donors (Lipinski definition) is 0. The molecule has 0 radical (unpaired) electrons. The Morgan fingerprint density at radius 1 is 1.20 bits per heavy atom. The molecule has 1 rings (SSSR count). The molecule has 0 bridgehead atoms. The summed E-state index contributed by atoms with van der Waals surface area (Å²) in [6, 6.07) is 0. The molecule has 0 N–H and O–H groups in total. The van der Waals surface area contributed by atoms with Crippen LogP contribution in [0.15, 0.2) is 12.3 Å². The summed E-state index contributed by atoms with van der Waals surface area (Å²) in [5.74, 6) is -0.848. The SMILES string of the molecule is CC(=O)OC1C(C)OC=C[C@H]1OC(C)=O. The Hall–Kier alpha value is -1.52. The van der Waals surface area contributed by atoms with Gasteiger partial charge < -0.3 is 14.2 Å². The zero-order valence-corrected chi connectivity index (χ0v) is 8.93. The fourth-order valence-corrected chi connectivity index (χ4v) is 1.35. The van der Waals surface area contributed by atoms with Gasteiger partial charge in [-0.25, -0.2) is 0 Å². The van der Waals surface area contributed by atoms with Gasteiger partial charge in [0.2, 0.25) is 0 Å². The molecule has 0 saturated heterocycles. The summed E-state index contributed by atoms with van der Waals surface area (Å²) in [7, 11) is 0. The number of rotatable bonds is 2. The first kappa shape index (κ1) is 11.6. The van der Waals surface area contributed by atoms with Crippen molar-refractivity contribution in [2.24, 2.45) is 0 Å². The van der Waals surface area contributed by atoms with E-state index in [9.17, 15) is 9.59 Å². The normalized spacial score (nSPS) is 29.1. The van der Waals surface area contributed by atoms with E-state index < -0.39 is 24.1 Å². The van der Waals surface area contributed by atoms with E-state index in [-0.39, 0.29) is 6.10 Å². The zero-order chi connectivity index (χ0) is 11.4. The van der Waals surface area contributed by atoms with Crippen LogP contribution >= 0.6 is 0 Å². The molecular formula is C10H14O5. The fourth-order valence-electron chi connectivity index (χ4n) is 1.35. The van der Waals surface area contributed by atoms with E-state index in [1.807, 2.05) is 0 Å². The van der Waals surface area contributed by atoms with E-state index in [0.29, 0.717) is 0 Å². The van der Waals surface area contributed by atoms with E-state index in [2.05, 4.69) is 0 Å². The lowest BCUT2D eigenvalue weighted by Gasteiger charge is -2.31. The van der Waals surface area contributed by atoms with Crippen LogP contribution in [0.25, 0.3) is 0 Å². The largest absolute Gasteiger partial charge is 0.494 e. The number of esters is 2. The van der Waals surface area contributed by atoms with Crippen LogP contribution in [0.2, 0.25) is 0 Å². The van der Waals surface area contributed by atoms with E-state index in [0.717, 1.165) is 0 Å². The molecule has 5 heteroatoms. The highest BCUT2D eigenvalue weighted by molar-refractivity contribution is 5.67. The van der Waals surface area contributed by atoms with Crippen molar-refractivity contribution in [1.29, 1.82) is 0 Å². The van der Waals surface area contributed by atoms with Crippen LogP contribution in [0, 0.1) is 0 Å². The van der Waals surface area contributed by atoms with Crippen molar-refractivity contribution in [1.82, 2.24) is 0 Å². The predicted octanol–water partition coefficient (Wildman–Crippen LogP) is 0.782. The lowest BCUT2D eigenvalue weighted by atomic mass is 10.1. The minimum atomic E-state index is -0.587. The first-order valence-corrected chi connectivity index (χ1v) is 4.67. The minimum absolute atomic E-state index is 0.330. The van der Waals surface area contributed by atoms with Crippen LogP contribution < -0.4 is 0 Å². The highest BCUT2D eigenvalue weighted by Gasteiger charge is 2.34. The van der Waals surface area contributed by atoms with Crippen molar-refractivity contribution in [2.75, 3.05) is 0 Å². The Kier molecular flexibility index (Phi) is 3.71. The maximum absolute atomic E-state index is 10.8. The molecule has 0 amide bonds. The maximum atomic E-state index is 10.8. The lowest BCUT2D eigenvalue weighted by molar-refractivity contribution is -0.172. The fraction of sp³-hybridized carbons (Fsp3) is 0.600. The van der Waals surface area contributed by atoms with Gasteiger partial charge in [-0.05, 0) is 13.0 Å². The predicted molar refractivity (Wildman–Crippen MR) is 50.8 cm³/mol. The topological polar surface area (TPSA) is 61.8 Å². The van der Waals surface area contributed by atoms with Gasteiger partial charge in [0, 0.05) is 13.8 Å². The van der Waals surface area contributed by atoms with Crippen molar-refractivity contribution in [3.05, 3.63) is 12.3 Å². The smallest absolute Gasteiger partial charge is 0.303 e. The van der Waals surface area contributed by atoms with Crippen molar-refractivity contribution >= 4 is 11.9 Å². The van der Waals surface area contributed by atoms with E-state index in [1.165, 1.54) is 20.1 Å². The van der Waals surface area contributed by atoms with Gasteiger partial charge in [-0.3, -0.25) is 9.59 Å². The lowest BCUT2D eigenvalue weighted by Crippen LogP contribution is -2.43. The molecule has 0 aromatic carbocycles. The summed E-state index contributed by atoms with van der Waals surface area (Å²) >= 11 is 0. The van der Waals surface area contributed by atoms with Crippen LogP contribution in [-0.4, -0.2) is 30.3 Å². The Morgan fingerprint density at radius 3 is 2.33 bits per heavy atom. The van der Waals surface area contributed by atoms with Crippen LogP contribution in [0.1, 0.15) is 20.8 Å². The molecule has 0 aromatic rings. The van der Waals surface area contributed by atoms with Crippen LogP contribution in [-0.2, 0) is 23.8 Å². The average Bonchev–Trinajstić information content (AvgIpc) is 2.09. The number of carbonyl (C=O) groups excluding carboxylic acids is 2. The minimum Gasteiger partial charge on any atom is -0.494 e. The van der Waals surface area contributed by atoms with Gasteiger partial charge in [0.25, 0.3) is 0 Å². The molecule has 1 aliphatic heterocycles. The summed E-state index contributed by atoms with van der Waals surface area (Å²) in [5.41, 5.74) is 0. The van der Waals surface area contributed by atoms with E-state index in [4.69, 9.17) is 14.2 Å². The van der Waals surface area contributed by atoms with Gasteiger partial charge in [-0.1, -0.05) is 0 Å². The van der Waals surface area contributed by atoms with Crippen LogP contribution in [0.4, 0.5) is 0 Å². The monoisotopic (exact) mass is 214 g/mol. The maximum Gasteiger partial charge on any atom is 0.303 e. The molecule has 3 atom stereocenters. The summed E-state index contributed by atoms with van der Waals surface area (Å²) in [4.78, 5) is 21.7. The zero-order valence-electron chi connectivity index (χ0n) is 8.93. The van der Waals surface area contributed by atoms with Gasteiger partial charge in [-0.2, -0.15) is 0 Å². The molecule has 0 spiro atoms. The molecular weight excluding hydrogens is 200 g/mol. The second kappa shape index (κ2) is 4.82. The van der Waals surface area contributed by atoms with E-state index in [1.54, 1.807) is 13.0 Å². The second-order valence-corrected chi connectivity index (χ2v) is 3.32. The van der Waals surface area contributed by atoms with Gasteiger partial charge in [0.15, 0.2) is 12.2 Å². The van der Waals surface area contributed by atoms with Gasteiger partial charge in [0.05, 0.1) is 6.26 Å².